The molecular weight excluding hydrogens is 324 g/mol. The fourth-order valence-corrected chi connectivity index (χ4v) is 3.76. The summed E-state index contributed by atoms with van der Waals surface area (Å²) in [4.78, 5) is 29.1. The van der Waals surface area contributed by atoms with Gasteiger partial charge in [-0.05, 0) is 52.5 Å². The van der Waals surface area contributed by atoms with Gasteiger partial charge in [-0.25, -0.2) is 9.78 Å². The highest BCUT2D eigenvalue weighted by molar-refractivity contribution is 5.70. The van der Waals surface area contributed by atoms with Crippen LogP contribution in [-0.2, 0) is 4.74 Å². The molecule has 2 aliphatic heterocycles. The lowest BCUT2D eigenvalue weighted by atomic mass is 9.97. The number of carbonyl (C=O) groups excluding carboxylic acids is 1. The Balaban J connectivity index is 1.68. The number of anilines is 1. The van der Waals surface area contributed by atoms with E-state index in [1.54, 1.807) is 12.3 Å². The Labute approximate surface area is 146 Å². The van der Waals surface area contributed by atoms with Gasteiger partial charge in [0.2, 0.25) is 5.82 Å². The molecule has 2 fully saturated rings. The first-order valence-corrected chi connectivity index (χ1v) is 8.62. The van der Waals surface area contributed by atoms with E-state index in [1.807, 2.05) is 25.7 Å². The second-order valence-corrected chi connectivity index (χ2v) is 7.71. The fourth-order valence-electron chi connectivity index (χ4n) is 3.76. The van der Waals surface area contributed by atoms with Gasteiger partial charge in [0.05, 0.1) is 4.92 Å². The van der Waals surface area contributed by atoms with Gasteiger partial charge < -0.3 is 15.0 Å². The molecule has 0 saturated carbocycles. The smallest absolute Gasteiger partial charge is 0.410 e. The van der Waals surface area contributed by atoms with E-state index < -0.39 is 10.5 Å². The summed E-state index contributed by atoms with van der Waals surface area (Å²) in [5.74, 6) is 0.294. The zero-order valence-corrected chi connectivity index (χ0v) is 14.8. The molecule has 1 N–H and O–H groups in total. The molecule has 0 aromatic carbocycles. The van der Waals surface area contributed by atoms with Gasteiger partial charge in [0, 0.05) is 30.4 Å². The number of fused-ring (bicyclic) bond motifs is 2. The number of amides is 1. The van der Waals surface area contributed by atoms with E-state index in [1.165, 1.54) is 6.07 Å². The number of nitrogens with one attached hydrogen (secondary N) is 1. The number of hydrogen-bond donors (Lipinski definition) is 1. The van der Waals surface area contributed by atoms with Crippen LogP contribution < -0.4 is 5.32 Å². The van der Waals surface area contributed by atoms with Crippen molar-refractivity contribution in [3.63, 3.8) is 0 Å². The standard InChI is InChI=1S/C17H24N4O4/c1-17(2,3)25-16(22)20-12-6-7-13(20)10-11(9-12)19-15-14(21(23)24)5-4-8-18-15/h4-5,8,11-13H,6-7,9-10H2,1-3H3,(H,18,19)/t11-,12+,13-. The molecule has 0 radical (unpaired) electrons. The van der Waals surface area contributed by atoms with Crippen LogP contribution in [0.4, 0.5) is 16.3 Å². The van der Waals surface area contributed by atoms with Gasteiger partial charge in [-0.15, -0.1) is 0 Å². The molecule has 3 rings (SSSR count). The minimum atomic E-state index is -0.514. The highest BCUT2D eigenvalue weighted by Crippen LogP contribution is 2.38. The number of nitrogens with zero attached hydrogens (tertiary/aromatic N) is 3. The Kier molecular flexibility index (Phi) is 4.53. The summed E-state index contributed by atoms with van der Waals surface area (Å²) in [5, 5.41) is 14.3. The minimum absolute atomic E-state index is 0.0237. The summed E-state index contributed by atoms with van der Waals surface area (Å²) < 4.78 is 5.53. The first kappa shape index (κ1) is 17.4. The maximum Gasteiger partial charge on any atom is 0.410 e. The summed E-state index contributed by atoms with van der Waals surface area (Å²) >= 11 is 0. The molecule has 136 valence electrons. The number of aromatic nitrogens is 1. The Hall–Kier alpha value is -2.38. The van der Waals surface area contributed by atoms with Crippen LogP contribution in [0.15, 0.2) is 18.3 Å². The molecule has 0 spiro atoms. The number of ether oxygens (including phenoxy) is 1. The van der Waals surface area contributed by atoms with Gasteiger partial charge in [0.1, 0.15) is 5.60 Å². The maximum absolute atomic E-state index is 12.5. The van der Waals surface area contributed by atoms with Crippen molar-refractivity contribution in [2.24, 2.45) is 0 Å². The van der Waals surface area contributed by atoms with E-state index in [2.05, 4.69) is 10.3 Å². The van der Waals surface area contributed by atoms with Crippen molar-refractivity contribution < 1.29 is 14.5 Å². The Morgan fingerprint density at radius 2 is 2.00 bits per heavy atom. The molecular formula is C17H24N4O4. The molecule has 8 heteroatoms. The van der Waals surface area contributed by atoms with Crippen molar-refractivity contribution in [2.75, 3.05) is 5.32 Å². The minimum Gasteiger partial charge on any atom is -0.444 e. The SMILES string of the molecule is CC(C)(C)OC(=O)N1[C@@H]2CC[C@H]1C[C@@H](Nc1ncccc1[N+](=O)[O-])C2. The van der Waals surface area contributed by atoms with Gasteiger partial charge in [-0.2, -0.15) is 0 Å². The number of rotatable bonds is 3. The molecule has 1 aromatic rings. The molecule has 3 heterocycles. The molecule has 1 aromatic heterocycles. The maximum atomic E-state index is 12.5. The van der Waals surface area contributed by atoms with Crippen LogP contribution in [0.1, 0.15) is 46.5 Å². The van der Waals surface area contributed by atoms with Gasteiger partial charge in [0.15, 0.2) is 0 Å². The molecule has 2 bridgehead atoms. The van der Waals surface area contributed by atoms with Crippen LogP contribution in [0.2, 0.25) is 0 Å². The zero-order chi connectivity index (χ0) is 18.2. The molecule has 0 unspecified atom stereocenters. The average molecular weight is 348 g/mol. The summed E-state index contributed by atoms with van der Waals surface area (Å²) in [6.07, 6.45) is 4.63. The van der Waals surface area contributed by atoms with Crippen LogP contribution in [0.25, 0.3) is 0 Å². The molecule has 1 amide bonds. The molecule has 2 aliphatic rings. The van der Waals surface area contributed by atoms with Crippen LogP contribution in [0, 0.1) is 10.1 Å². The van der Waals surface area contributed by atoms with E-state index in [0.29, 0.717) is 5.82 Å². The van der Waals surface area contributed by atoms with Crippen molar-refractivity contribution in [3.8, 4) is 0 Å². The van der Waals surface area contributed by atoms with Crippen molar-refractivity contribution in [1.29, 1.82) is 0 Å². The molecule has 3 atom stereocenters. The molecule has 2 saturated heterocycles. The molecule has 25 heavy (non-hydrogen) atoms. The fraction of sp³-hybridized carbons (Fsp3) is 0.647. The summed E-state index contributed by atoms with van der Waals surface area (Å²) in [7, 11) is 0. The largest absolute Gasteiger partial charge is 0.444 e. The lowest BCUT2D eigenvalue weighted by Gasteiger charge is -2.39. The monoisotopic (exact) mass is 348 g/mol. The van der Waals surface area contributed by atoms with Crippen molar-refractivity contribution in [3.05, 3.63) is 28.4 Å². The van der Waals surface area contributed by atoms with Crippen LogP contribution >= 0.6 is 0 Å². The van der Waals surface area contributed by atoms with Gasteiger partial charge >= 0.3 is 11.8 Å². The highest BCUT2D eigenvalue weighted by Gasteiger charge is 2.45. The van der Waals surface area contributed by atoms with Crippen LogP contribution in [0.5, 0.6) is 0 Å². The first-order valence-electron chi connectivity index (χ1n) is 8.62. The zero-order valence-electron chi connectivity index (χ0n) is 14.8. The third-order valence-corrected chi connectivity index (χ3v) is 4.66. The number of nitro groups is 1. The van der Waals surface area contributed by atoms with Crippen molar-refractivity contribution >= 4 is 17.6 Å². The summed E-state index contributed by atoms with van der Waals surface area (Å²) in [5.41, 5.74) is -0.537. The number of carbonyl (C=O) groups is 1. The normalized spacial score (nSPS) is 25.6. The van der Waals surface area contributed by atoms with E-state index in [-0.39, 0.29) is 29.9 Å². The third-order valence-electron chi connectivity index (χ3n) is 4.66. The Morgan fingerprint density at radius 1 is 1.36 bits per heavy atom. The Bertz CT molecular complexity index is 659. The number of hydrogen-bond acceptors (Lipinski definition) is 6. The molecule has 8 nitrogen and oxygen atoms in total. The van der Waals surface area contributed by atoms with Crippen LogP contribution in [-0.4, -0.2) is 44.6 Å². The lowest BCUT2D eigenvalue weighted by Crippen LogP contribution is -2.51. The van der Waals surface area contributed by atoms with E-state index in [4.69, 9.17) is 4.74 Å². The quantitative estimate of drug-likeness (QED) is 0.664. The van der Waals surface area contributed by atoms with E-state index in [9.17, 15) is 14.9 Å². The average Bonchev–Trinajstić information content (AvgIpc) is 2.78. The highest BCUT2D eigenvalue weighted by atomic mass is 16.6. The number of pyridine rings is 1. The Morgan fingerprint density at radius 3 is 2.56 bits per heavy atom. The second-order valence-electron chi connectivity index (χ2n) is 7.71. The number of piperidine rings is 1. The lowest BCUT2D eigenvalue weighted by molar-refractivity contribution is -0.384. The van der Waals surface area contributed by atoms with Crippen molar-refractivity contribution in [1.82, 2.24) is 9.88 Å². The van der Waals surface area contributed by atoms with Gasteiger partial charge in [0.25, 0.3) is 0 Å². The van der Waals surface area contributed by atoms with E-state index in [0.717, 1.165) is 25.7 Å². The van der Waals surface area contributed by atoms with Gasteiger partial charge in [-0.3, -0.25) is 10.1 Å². The first-order chi connectivity index (χ1) is 11.7. The third kappa shape index (κ3) is 3.83. The summed E-state index contributed by atoms with van der Waals surface area (Å²) in [6.45, 7) is 5.59. The van der Waals surface area contributed by atoms with Crippen molar-refractivity contribution in [2.45, 2.75) is 70.2 Å². The van der Waals surface area contributed by atoms with Crippen LogP contribution in [0.3, 0.4) is 0 Å². The van der Waals surface area contributed by atoms with Gasteiger partial charge in [-0.1, -0.05) is 0 Å². The van der Waals surface area contributed by atoms with E-state index >= 15 is 0 Å². The predicted molar refractivity (Wildman–Crippen MR) is 92.4 cm³/mol. The second kappa shape index (κ2) is 6.50. The predicted octanol–water partition coefficient (Wildman–Crippen LogP) is 3.33. The molecule has 0 aliphatic carbocycles. The summed E-state index contributed by atoms with van der Waals surface area (Å²) in [6, 6.07) is 3.27. The topological polar surface area (TPSA) is 97.6 Å².